The highest BCUT2D eigenvalue weighted by Crippen LogP contribution is 2.21. The molecule has 25 heavy (non-hydrogen) atoms. The molecule has 0 unspecified atom stereocenters. The number of ether oxygens (including phenoxy) is 1. The summed E-state index contributed by atoms with van der Waals surface area (Å²) in [4.78, 5) is 25.8. The molecule has 0 aromatic heterocycles. The third-order valence-electron chi connectivity index (χ3n) is 4.23. The molecular weight excluding hydrogens is 323 g/mol. The Kier molecular flexibility index (Phi) is 4.97. The molecule has 1 saturated heterocycles. The summed E-state index contributed by atoms with van der Waals surface area (Å²) in [5, 5.41) is 2.83. The normalized spacial score (nSPS) is 17.0. The van der Waals surface area contributed by atoms with Gasteiger partial charge in [-0.25, -0.2) is 4.39 Å². The highest BCUT2D eigenvalue weighted by Gasteiger charge is 2.38. The number of para-hydroxylation sites is 1. The molecule has 1 heterocycles. The Morgan fingerprint density at radius 1 is 1.16 bits per heavy atom. The molecule has 0 spiro atoms. The predicted molar refractivity (Wildman–Crippen MR) is 91.8 cm³/mol. The molecule has 0 aliphatic carbocycles. The maximum Gasteiger partial charge on any atom is 0.252 e. The minimum Gasteiger partial charge on any atom is -0.497 e. The van der Waals surface area contributed by atoms with Crippen molar-refractivity contribution >= 4 is 17.5 Å². The fraction of sp³-hybridized carbons (Fsp3) is 0.263. The van der Waals surface area contributed by atoms with E-state index in [1.165, 1.54) is 11.0 Å². The smallest absolute Gasteiger partial charge is 0.252 e. The number of halogens is 1. The third kappa shape index (κ3) is 3.79. The topological polar surface area (TPSA) is 58.6 Å². The molecule has 1 aliphatic heterocycles. The number of nitrogens with zero attached hydrogens (tertiary/aromatic N) is 1. The number of methoxy groups -OCH3 is 1. The van der Waals surface area contributed by atoms with E-state index in [9.17, 15) is 14.0 Å². The summed E-state index contributed by atoms with van der Waals surface area (Å²) in [6, 6.07) is 12.9. The first-order valence-corrected chi connectivity index (χ1v) is 8.06. The summed E-state index contributed by atoms with van der Waals surface area (Å²) in [6.45, 7) is 0.305. The molecule has 6 heteroatoms. The van der Waals surface area contributed by atoms with Crippen molar-refractivity contribution in [2.75, 3.05) is 19.0 Å². The van der Waals surface area contributed by atoms with Gasteiger partial charge in [0.15, 0.2) is 0 Å². The number of amides is 2. The number of hydrogen-bond acceptors (Lipinski definition) is 4. The van der Waals surface area contributed by atoms with Crippen LogP contribution in [0.15, 0.2) is 48.5 Å². The van der Waals surface area contributed by atoms with Crippen LogP contribution in [-0.2, 0) is 16.0 Å². The number of benzene rings is 2. The van der Waals surface area contributed by atoms with E-state index in [0.717, 1.165) is 11.3 Å². The van der Waals surface area contributed by atoms with E-state index in [0.29, 0.717) is 13.0 Å². The number of imide groups is 1. The van der Waals surface area contributed by atoms with Gasteiger partial charge >= 0.3 is 0 Å². The minimum absolute atomic E-state index is 0.0375. The Labute approximate surface area is 145 Å². The lowest BCUT2D eigenvalue weighted by Crippen LogP contribution is -2.36. The zero-order valence-electron chi connectivity index (χ0n) is 13.9. The zero-order valence-corrected chi connectivity index (χ0v) is 13.9. The standard InChI is InChI=1S/C19H19FN2O3/c1-25-14-8-6-13(7-9-14)10-11-22-18(23)12-17(19(22)24)21-16-5-3-2-4-15(16)20/h2-9,17,21H,10-12H2,1H3/t17-/m0/s1. The van der Waals surface area contributed by atoms with E-state index in [4.69, 9.17) is 4.74 Å². The second-order valence-electron chi connectivity index (χ2n) is 5.86. The second-order valence-corrected chi connectivity index (χ2v) is 5.86. The molecule has 1 aliphatic rings. The van der Waals surface area contributed by atoms with E-state index in [1.807, 2.05) is 24.3 Å². The lowest BCUT2D eigenvalue weighted by Gasteiger charge is -2.16. The van der Waals surface area contributed by atoms with Gasteiger partial charge in [0, 0.05) is 6.54 Å². The van der Waals surface area contributed by atoms with Crippen LogP contribution in [0.2, 0.25) is 0 Å². The van der Waals surface area contributed by atoms with Crippen LogP contribution in [0.3, 0.4) is 0 Å². The molecule has 1 atom stereocenters. The number of hydrogen-bond donors (Lipinski definition) is 1. The molecule has 2 amide bonds. The Hall–Kier alpha value is -2.89. The largest absolute Gasteiger partial charge is 0.497 e. The average molecular weight is 342 g/mol. The van der Waals surface area contributed by atoms with Crippen molar-refractivity contribution in [1.29, 1.82) is 0 Å². The summed E-state index contributed by atoms with van der Waals surface area (Å²) in [5.41, 5.74) is 1.23. The van der Waals surface area contributed by atoms with Crippen molar-refractivity contribution in [3.63, 3.8) is 0 Å². The quantitative estimate of drug-likeness (QED) is 0.820. The van der Waals surface area contributed by atoms with E-state index in [-0.39, 0.29) is 23.9 Å². The van der Waals surface area contributed by atoms with Crippen molar-refractivity contribution in [2.24, 2.45) is 0 Å². The number of likely N-dealkylation sites (tertiary alicyclic amines) is 1. The molecular formula is C19H19FN2O3. The molecule has 130 valence electrons. The second kappa shape index (κ2) is 7.34. The van der Waals surface area contributed by atoms with Crippen molar-refractivity contribution in [3.05, 3.63) is 59.9 Å². The lowest BCUT2D eigenvalue weighted by molar-refractivity contribution is -0.138. The average Bonchev–Trinajstić information content (AvgIpc) is 2.89. The van der Waals surface area contributed by atoms with E-state index in [2.05, 4.69) is 5.32 Å². The highest BCUT2D eigenvalue weighted by atomic mass is 19.1. The van der Waals surface area contributed by atoms with Crippen LogP contribution in [-0.4, -0.2) is 36.4 Å². The van der Waals surface area contributed by atoms with Gasteiger partial charge in [-0.1, -0.05) is 24.3 Å². The van der Waals surface area contributed by atoms with Crippen LogP contribution in [0.5, 0.6) is 5.75 Å². The van der Waals surface area contributed by atoms with Gasteiger partial charge in [0.25, 0.3) is 5.91 Å². The molecule has 0 radical (unpaired) electrons. The summed E-state index contributed by atoms with van der Waals surface area (Å²) in [7, 11) is 1.60. The highest BCUT2D eigenvalue weighted by molar-refractivity contribution is 6.06. The first-order valence-electron chi connectivity index (χ1n) is 8.06. The van der Waals surface area contributed by atoms with E-state index >= 15 is 0 Å². The Balaban J connectivity index is 1.62. The zero-order chi connectivity index (χ0) is 17.8. The molecule has 0 bridgehead atoms. The van der Waals surface area contributed by atoms with Gasteiger partial charge in [0.05, 0.1) is 19.2 Å². The van der Waals surface area contributed by atoms with Crippen molar-refractivity contribution in [3.8, 4) is 5.75 Å². The van der Waals surface area contributed by atoms with E-state index in [1.54, 1.807) is 25.3 Å². The minimum atomic E-state index is -0.722. The van der Waals surface area contributed by atoms with Gasteiger partial charge in [-0.2, -0.15) is 0 Å². The number of rotatable bonds is 6. The first-order chi connectivity index (χ1) is 12.1. The Morgan fingerprint density at radius 2 is 1.88 bits per heavy atom. The molecule has 2 aromatic carbocycles. The number of carbonyl (C=O) groups is 2. The number of carbonyl (C=O) groups excluding carboxylic acids is 2. The van der Waals surface area contributed by atoms with Crippen molar-refractivity contribution in [2.45, 2.75) is 18.9 Å². The summed E-state index contributed by atoms with van der Waals surface area (Å²) in [6.07, 6.45) is 0.601. The van der Waals surface area contributed by atoms with Gasteiger partial charge in [-0.3, -0.25) is 14.5 Å². The number of anilines is 1. The van der Waals surface area contributed by atoms with Gasteiger partial charge in [-0.05, 0) is 36.2 Å². The summed E-state index contributed by atoms with van der Waals surface area (Å²) in [5.74, 6) is -0.250. The molecule has 5 nitrogen and oxygen atoms in total. The van der Waals surface area contributed by atoms with Crippen LogP contribution in [0.4, 0.5) is 10.1 Å². The monoisotopic (exact) mass is 342 g/mol. The summed E-state index contributed by atoms with van der Waals surface area (Å²) < 4.78 is 18.8. The molecule has 1 N–H and O–H groups in total. The molecule has 3 rings (SSSR count). The SMILES string of the molecule is COc1ccc(CCN2C(=O)C[C@H](Nc3ccccc3F)C2=O)cc1. The van der Waals surface area contributed by atoms with Gasteiger partial charge in [0.1, 0.15) is 17.6 Å². The first kappa shape index (κ1) is 17.0. The Bertz CT molecular complexity index is 776. The van der Waals surface area contributed by atoms with Gasteiger partial charge < -0.3 is 10.1 Å². The maximum atomic E-state index is 13.7. The third-order valence-corrected chi connectivity index (χ3v) is 4.23. The number of nitrogens with one attached hydrogen (secondary N) is 1. The fourth-order valence-corrected chi connectivity index (χ4v) is 2.83. The van der Waals surface area contributed by atoms with Crippen LogP contribution >= 0.6 is 0 Å². The fourth-order valence-electron chi connectivity index (χ4n) is 2.83. The van der Waals surface area contributed by atoms with Crippen LogP contribution in [0, 0.1) is 5.82 Å². The molecule has 1 fully saturated rings. The molecule has 2 aromatic rings. The maximum absolute atomic E-state index is 13.7. The predicted octanol–water partition coefficient (Wildman–Crippen LogP) is 2.62. The van der Waals surface area contributed by atoms with Gasteiger partial charge in [0.2, 0.25) is 5.91 Å². The van der Waals surface area contributed by atoms with Crippen LogP contribution in [0.25, 0.3) is 0 Å². The van der Waals surface area contributed by atoms with Crippen molar-refractivity contribution in [1.82, 2.24) is 4.90 Å². The van der Waals surface area contributed by atoms with Crippen LogP contribution < -0.4 is 10.1 Å². The summed E-state index contributed by atoms with van der Waals surface area (Å²) >= 11 is 0. The van der Waals surface area contributed by atoms with Gasteiger partial charge in [-0.15, -0.1) is 0 Å². The lowest BCUT2D eigenvalue weighted by atomic mass is 10.1. The van der Waals surface area contributed by atoms with Crippen LogP contribution in [0.1, 0.15) is 12.0 Å². The molecule has 0 saturated carbocycles. The van der Waals surface area contributed by atoms with E-state index < -0.39 is 11.9 Å². The Morgan fingerprint density at radius 3 is 2.56 bits per heavy atom. The van der Waals surface area contributed by atoms with Crippen molar-refractivity contribution < 1.29 is 18.7 Å².